The van der Waals surface area contributed by atoms with Gasteiger partial charge in [-0.1, -0.05) is 28.1 Å². The van der Waals surface area contributed by atoms with Crippen molar-refractivity contribution in [1.29, 1.82) is 0 Å². The number of hydrogen-bond acceptors (Lipinski definition) is 2. The predicted molar refractivity (Wildman–Crippen MR) is 85.6 cm³/mol. The van der Waals surface area contributed by atoms with E-state index >= 15 is 0 Å². The highest BCUT2D eigenvalue weighted by Gasteiger charge is 2.38. The molecule has 0 bridgehead atoms. The van der Waals surface area contributed by atoms with Crippen molar-refractivity contribution in [2.45, 2.75) is 31.2 Å². The molecule has 3 rings (SSSR count). The first-order valence-electron chi connectivity index (χ1n) is 7.60. The van der Waals surface area contributed by atoms with Gasteiger partial charge in [0.2, 0.25) is 0 Å². The van der Waals surface area contributed by atoms with Crippen LogP contribution in [0.5, 0.6) is 0 Å². The molecule has 2 aliphatic rings. The lowest BCUT2D eigenvalue weighted by Gasteiger charge is -2.30. The summed E-state index contributed by atoms with van der Waals surface area (Å²) in [7, 11) is 0. The Labute approximate surface area is 133 Å². The van der Waals surface area contributed by atoms with E-state index < -0.39 is 6.09 Å². The van der Waals surface area contributed by atoms with Crippen molar-refractivity contribution in [2.75, 3.05) is 19.6 Å². The fourth-order valence-corrected chi connectivity index (χ4v) is 3.41. The van der Waals surface area contributed by atoms with Gasteiger partial charge in [0.1, 0.15) is 0 Å². The summed E-state index contributed by atoms with van der Waals surface area (Å²) in [5.74, 6) is 1.27. The number of likely N-dealkylation sites (tertiary alicyclic amines) is 1. The van der Waals surface area contributed by atoms with Crippen molar-refractivity contribution in [1.82, 2.24) is 10.2 Å². The first-order chi connectivity index (χ1) is 10.1. The monoisotopic (exact) mass is 352 g/mol. The third kappa shape index (κ3) is 3.77. The van der Waals surface area contributed by atoms with Crippen molar-refractivity contribution in [3.63, 3.8) is 0 Å². The summed E-state index contributed by atoms with van der Waals surface area (Å²) < 4.78 is 1.13. The number of carbonyl (C=O) groups is 1. The van der Waals surface area contributed by atoms with Gasteiger partial charge in [0.15, 0.2) is 0 Å². The Balaban J connectivity index is 1.40. The molecule has 1 saturated heterocycles. The summed E-state index contributed by atoms with van der Waals surface area (Å²) in [5.41, 5.74) is 1.41. The Morgan fingerprint density at radius 2 is 1.95 bits per heavy atom. The van der Waals surface area contributed by atoms with Crippen molar-refractivity contribution in [3.8, 4) is 0 Å². The third-order valence-electron chi connectivity index (χ3n) is 4.64. The molecular weight excluding hydrogens is 332 g/mol. The molecule has 5 heteroatoms. The van der Waals surface area contributed by atoms with E-state index in [0.717, 1.165) is 23.9 Å². The van der Waals surface area contributed by atoms with E-state index in [1.807, 2.05) is 0 Å². The van der Waals surface area contributed by atoms with Gasteiger partial charge in [-0.05, 0) is 49.4 Å². The van der Waals surface area contributed by atoms with E-state index in [1.165, 1.54) is 16.9 Å². The van der Waals surface area contributed by atoms with E-state index in [-0.39, 0.29) is 0 Å². The van der Waals surface area contributed by atoms with Gasteiger partial charge >= 0.3 is 6.09 Å². The number of benzene rings is 1. The van der Waals surface area contributed by atoms with Crippen LogP contribution in [-0.2, 0) is 0 Å². The second-order valence-corrected chi connectivity index (χ2v) is 7.04. The van der Waals surface area contributed by atoms with Gasteiger partial charge in [0, 0.05) is 29.5 Å². The zero-order chi connectivity index (χ0) is 14.8. The molecule has 2 unspecified atom stereocenters. The predicted octanol–water partition coefficient (Wildman–Crippen LogP) is 3.28. The maximum absolute atomic E-state index is 10.9. The minimum atomic E-state index is -0.779. The Bertz CT molecular complexity index is 498. The summed E-state index contributed by atoms with van der Waals surface area (Å²) in [6, 6.07) is 9.20. The Morgan fingerprint density at radius 1 is 1.29 bits per heavy atom. The Kier molecular flexibility index (Phi) is 4.50. The lowest BCUT2D eigenvalue weighted by atomic mass is 9.97. The minimum Gasteiger partial charge on any atom is -0.465 e. The highest BCUT2D eigenvalue weighted by atomic mass is 79.9. The molecular formula is C16H21BrN2O2. The van der Waals surface area contributed by atoms with Crippen LogP contribution >= 0.6 is 15.9 Å². The maximum atomic E-state index is 10.9. The van der Waals surface area contributed by atoms with E-state index in [2.05, 4.69) is 45.5 Å². The average molecular weight is 353 g/mol. The average Bonchev–Trinajstić information content (AvgIpc) is 3.26. The first-order valence-corrected chi connectivity index (χ1v) is 8.39. The maximum Gasteiger partial charge on any atom is 0.407 e. The summed E-state index contributed by atoms with van der Waals surface area (Å²) in [6.45, 7) is 2.39. The second-order valence-electron chi connectivity index (χ2n) is 6.12. The van der Waals surface area contributed by atoms with Crippen LogP contribution in [0.2, 0.25) is 0 Å². The highest BCUT2D eigenvalue weighted by molar-refractivity contribution is 9.10. The fourth-order valence-electron chi connectivity index (χ4n) is 3.15. The largest absolute Gasteiger partial charge is 0.465 e. The lowest BCUT2D eigenvalue weighted by molar-refractivity contribution is 0.124. The van der Waals surface area contributed by atoms with Crippen molar-refractivity contribution in [2.24, 2.45) is 5.92 Å². The van der Waals surface area contributed by atoms with E-state index in [9.17, 15) is 4.79 Å². The summed E-state index contributed by atoms with van der Waals surface area (Å²) >= 11 is 3.47. The molecule has 0 aromatic heterocycles. The van der Waals surface area contributed by atoms with Crippen LogP contribution in [0, 0.1) is 5.92 Å². The molecule has 2 fully saturated rings. The molecule has 2 atom stereocenters. The molecule has 0 spiro atoms. The number of piperidine rings is 1. The number of carboxylic acid groups (broad SMARTS) is 1. The summed E-state index contributed by atoms with van der Waals surface area (Å²) in [6.07, 6.45) is 2.40. The lowest BCUT2D eigenvalue weighted by Crippen LogP contribution is -2.40. The molecule has 1 aromatic rings. The number of rotatable bonds is 4. The van der Waals surface area contributed by atoms with Crippen molar-refractivity contribution >= 4 is 22.0 Å². The smallest absolute Gasteiger partial charge is 0.407 e. The Hall–Kier alpha value is -1.07. The van der Waals surface area contributed by atoms with Gasteiger partial charge in [-0.2, -0.15) is 0 Å². The quantitative estimate of drug-likeness (QED) is 0.874. The van der Waals surface area contributed by atoms with Crippen molar-refractivity contribution < 1.29 is 9.90 Å². The molecule has 0 radical (unpaired) electrons. The molecule has 21 heavy (non-hydrogen) atoms. The first kappa shape index (κ1) is 14.9. The van der Waals surface area contributed by atoms with E-state index in [0.29, 0.717) is 31.0 Å². The molecule has 4 nitrogen and oxygen atoms in total. The molecule has 1 saturated carbocycles. The van der Waals surface area contributed by atoms with Crippen LogP contribution in [-0.4, -0.2) is 41.8 Å². The van der Waals surface area contributed by atoms with Crippen LogP contribution < -0.4 is 5.32 Å². The topological polar surface area (TPSA) is 52.6 Å². The molecule has 1 amide bonds. The second kappa shape index (κ2) is 6.36. The van der Waals surface area contributed by atoms with Crippen molar-refractivity contribution in [3.05, 3.63) is 34.3 Å². The third-order valence-corrected chi connectivity index (χ3v) is 5.17. The van der Waals surface area contributed by atoms with Gasteiger partial charge in [-0.15, -0.1) is 0 Å². The van der Waals surface area contributed by atoms with Crippen LogP contribution in [0.1, 0.15) is 30.7 Å². The normalized spacial score (nSPS) is 25.9. The summed E-state index contributed by atoms with van der Waals surface area (Å²) in [4.78, 5) is 12.4. The van der Waals surface area contributed by atoms with Gasteiger partial charge in [-0.3, -0.25) is 0 Å². The van der Waals surface area contributed by atoms with Crippen LogP contribution in [0.25, 0.3) is 0 Å². The summed E-state index contributed by atoms with van der Waals surface area (Å²) in [5, 5.41) is 12.6. The molecule has 1 aliphatic carbocycles. The fraction of sp³-hybridized carbons (Fsp3) is 0.562. The van der Waals surface area contributed by atoms with Gasteiger partial charge in [0.05, 0.1) is 0 Å². The Morgan fingerprint density at radius 3 is 2.57 bits per heavy atom. The highest BCUT2D eigenvalue weighted by Crippen LogP contribution is 2.41. The van der Waals surface area contributed by atoms with E-state index in [4.69, 9.17) is 5.11 Å². The minimum absolute atomic E-state index is 0.601. The van der Waals surface area contributed by atoms with E-state index in [1.54, 1.807) is 0 Å². The SMILES string of the molecule is O=C(O)N1CCC(CNC2CC2c2ccc(Br)cc2)CC1. The molecule has 114 valence electrons. The standard InChI is InChI=1S/C16H21BrN2O2/c17-13-3-1-12(2-4-13)14-9-15(14)18-10-11-5-7-19(8-6-11)16(20)21/h1-4,11,14-15,18H,5-10H2,(H,20,21). The molecule has 1 heterocycles. The van der Waals surface area contributed by atoms with Crippen LogP contribution in [0.4, 0.5) is 4.79 Å². The van der Waals surface area contributed by atoms with Gasteiger partial charge in [-0.25, -0.2) is 4.79 Å². The van der Waals surface area contributed by atoms with Crippen LogP contribution in [0.15, 0.2) is 28.7 Å². The van der Waals surface area contributed by atoms with Gasteiger partial charge in [0.25, 0.3) is 0 Å². The zero-order valence-corrected chi connectivity index (χ0v) is 13.6. The number of nitrogens with one attached hydrogen (secondary N) is 1. The molecule has 2 N–H and O–H groups in total. The number of amides is 1. The zero-order valence-electron chi connectivity index (χ0n) is 12.0. The molecule has 1 aliphatic heterocycles. The molecule has 1 aromatic carbocycles. The number of hydrogen-bond donors (Lipinski definition) is 2. The number of nitrogens with zero attached hydrogens (tertiary/aromatic N) is 1. The number of halogens is 1. The van der Waals surface area contributed by atoms with Crippen LogP contribution in [0.3, 0.4) is 0 Å². The van der Waals surface area contributed by atoms with Gasteiger partial charge < -0.3 is 15.3 Å².